The summed E-state index contributed by atoms with van der Waals surface area (Å²) in [4.78, 5) is 16.1. The van der Waals surface area contributed by atoms with Gasteiger partial charge in [0.25, 0.3) is 5.91 Å². The first-order valence-electron chi connectivity index (χ1n) is 7.18. The van der Waals surface area contributed by atoms with Crippen LogP contribution in [-0.2, 0) is 13.5 Å². The third kappa shape index (κ3) is 4.72. The standard InChI is InChI=1S/C16H22N4O/c1-13-3-5-14(6-4-13)16(21)19-10-9-17-8-7-15-18-11-12-20(15)2/h3-6,11-12,17H,7-10H2,1-2H3,(H,19,21). The van der Waals surface area contributed by atoms with Gasteiger partial charge < -0.3 is 15.2 Å². The Labute approximate surface area is 125 Å². The molecule has 0 radical (unpaired) electrons. The number of carbonyl (C=O) groups excluding carboxylic acids is 1. The Kier molecular flexibility index (Phi) is 5.51. The molecule has 1 aromatic heterocycles. The van der Waals surface area contributed by atoms with Gasteiger partial charge in [-0.25, -0.2) is 4.98 Å². The highest BCUT2D eigenvalue weighted by Crippen LogP contribution is 2.02. The molecule has 1 amide bonds. The van der Waals surface area contributed by atoms with Crippen LogP contribution >= 0.6 is 0 Å². The van der Waals surface area contributed by atoms with Crippen LogP contribution in [0.3, 0.4) is 0 Å². The number of nitrogens with zero attached hydrogens (tertiary/aromatic N) is 2. The van der Waals surface area contributed by atoms with Crippen LogP contribution in [0, 0.1) is 6.92 Å². The summed E-state index contributed by atoms with van der Waals surface area (Å²) >= 11 is 0. The average molecular weight is 286 g/mol. The van der Waals surface area contributed by atoms with E-state index in [0.717, 1.165) is 30.9 Å². The first-order chi connectivity index (χ1) is 10.2. The fourth-order valence-corrected chi connectivity index (χ4v) is 2.03. The van der Waals surface area contributed by atoms with Crippen LogP contribution in [0.25, 0.3) is 0 Å². The summed E-state index contributed by atoms with van der Waals surface area (Å²) in [6.07, 6.45) is 4.63. The SMILES string of the molecule is Cc1ccc(C(=O)NCCNCCc2nccn2C)cc1. The number of hydrogen-bond acceptors (Lipinski definition) is 3. The maximum atomic E-state index is 11.9. The molecule has 0 saturated carbocycles. The number of hydrogen-bond donors (Lipinski definition) is 2. The molecule has 0 aliphatic heterocycles. The van der Waals surface area contributed by atoms with E-state index in [2.05, 4.69) is 15.6 Å². The van der Waals surface area contributed by atoms with E-state index in [1.54, 1.807) is 6.20 Å². The Morgan fingerprint density at radius 1 is 1.19 bits per heavy atom. The van der Waals surface area contributed by atoms with E-state index in [1.165, 1.54) is 0 Å². The zero-order chi connectivity index (χ0) is 15.1. The lowest BCUT2D eigenvalue weighted by Crippen LogP contribution is -2.32. The van der Waals surface area contributed by atoms with E-state index in [4.69, 9.17) is 0 Å². The lowest BCUT2D eigenvalue weighted by Gasteiger charge is -2.07. The molecule has 2 N–H and O–H groups in total. The third-order valence-electron chi connectivity index (χ3n) is 3.35. The quantitative estimate of drug-likeness (QED) is 0.754. The van der Waals surface area contributed by atoms with Gasteiger partial charge >= 0.3 is 0 Å². The number of amides is 1. The summed E-state index contributed by atoms with van der Waals surface area (Å²) < 4.78 is 2.01. The van der Waals surface area contributed by atoms with Gasteiger partial charge in [0.2, 0.25) is 0 Å². The molecule has 0 fully saturated rings. The van der Waals surface area contributed by atoms with E-state index in [0.29, 0.717) is 12.1 Å². The van der Waals surface area contributed by atoms with Crippen molar-refractivity contribution in [1.29, 1.82) is 0 Å². The first-order valence-corrected chi connectivity index (χ1v) is 7.18. The van der Waals surface area contributed by atoms with E-state index in [-0.39, 0.29) is 5.91 Å². The zero-order valence-electron chi connectivity index (χ0n) is 12.6. The minimum absolute atomic E-state index is 0.0269. The highest BCUT2D eigenvalue weighted by Gasteiger charge is 2.03. The lowest BCUT2D eigenvalue weighted by molar-refractivity contribution is 0.0954. The lowest BCUT2D eigenvalue weighted by atomic mass is 10.1. The smallest absolute Gasteiger partial charge is 0.251 e. The van der Waals surface area contributed by atoms with Crippen molar-refractivity contribution in [2.24, 2.45) is 7.05 Å². The highest BCUT2D eigenvalue weighted by molar-refractivity contribution is 5.94. The van der Waals surface area contributed by atoms with Gasteiger partial charge in [-0.1, -0.05) is 17.7 Å². The van der Waals surface area contributed by atoms with Crippen molar-refractivity contribution in [2.45, 2.75) is 13.3 Å². The van der Waals surface area contributed by atoms with Crippen molar-refractivity contribution >= 4 is 5.91 Å². The molecule has 0 aliphatic carbocycles. The number of carbonyl (C=O) groups is 1. The minimum atomic E-state index is -0.0269. The zero-order valence-corrected chi connectivity index (χ0v) is 12.6. The van der Waals surface area contributed by atoms with E-state index >= 15 is 0 Å². The fourth-order valence-electron chi connectivity index (χ4n) is 2.03. The second kappa shape index (κ2) is 7.59. The van der Waals surface area contributed by atoms with Crippen LogP contribution in [0.4, 0.5) is 0 Å². The van der Waals surface area contributed by atoms with Gasteiger partial charge in [-0.3, -0.25) is 4.79 Å². The van der Waals surface area contributed by atoms with Gasteiger partial charge in [0.05, 0.1) is 0 Å². The summed E-state index contributed by atoms with van der Waals surface area (Å²) in [5.41, 5.74) is 1.86. The predicted octanol–water partition coefficient (Wildman–Crippen LogP) is 1.29. The molecule has 112 valence electrons. The Morgan fingerprint density at radius 3 is 2.62 bits per heavy atom. The molecule has 1 heterocycles. The van der Waals surface area contributed by atoms with Crippen LogP contribution in [-0.4, -0.2) is 35.1 Å². The largest absolute Gasteiger partial charge is 0.351 e. The molecular formula is C16H22N4O. The molecule has 0 spiro atoms. The van der Waals surface area contributed by atoms with Gasteiger partial charge in [0, 0.05) is 51.1 Å². The third-order valence-corrected chi connectivity index (χ3v) is 3.35. The monoisotopic (exact) mass is 286 g/mol. The first kappa shape index (κ1) is 15.3. The Morgan fingerprint density at radius 2 is 1.95 bits per heavy atom. The summed E-state index contributed by atoms with van der Waals surface area (Å²) in [7, 11) is 1.99. The molecule has 21 heavy (non-hydrogen) atoms. The second-order valence-electron chi connectivity index (χ2n) is 5.08. The molecule has 2 aromatic rings. The maximum Gasteiger partial charge on any atom is 0.251 e. The van der Waals surface area contributed by atoms with Crippen molar-refractivity contribution < 1.29 is 4.79 Å². The second-order valence-corrected chi connectivity index (χ2v) is 5.08. The van der Waals surface area contributed by atoms with Crippen LogP contribution in [0.15, 0.2) is 36.7 Å². The van der Waals surface area contributed by atoms with Crippen LogP contribution in [0.2, 0.25) is 0 Å². The average Bonchev–Trinajstić information content (AvgIpc) is 2.88. The summed E-state index contributed by atoms with van der Waals surface area (Å²) in [6.45, 7) is 4.23. The molecule has 1 aromatic carbocycles. The van der Waals surface area contributed by atoms with Crippen molar-refractivity contribution in [3.63, 3.8) is 0 Å². The minimum Gasteiger partial charge on any atom is -0.351 e. The maximum absolute atomic E-state index is 11.9. The molecular weight excluding hydrogens is 264 g/mol. The number of imidazole rings is 1. The fraction of sp³-hybridized carbons (Fsp3) is 0.375. The summed E-state index contributed by atoms with van der Waals surface area (Å²) in [6, 6.07) is 7.58. The Bertz CT molecular complexity index is 574. The van der Waals surface area contributed by atoms with Crippen molar-refractivity contribution in [3.05, 3.63) is 53.6 Å². The van der Waals surface area contributed by atoms with E-state index < -0.39 is 0 Å². The molecule has 0 atom stereocenters. The number of aryl methyl sites for hydroxylation is 2. The number of benzene rings is 1. The molecule has 2 rings (SSSR count). The van der Waals surface area contributed by atoms with Crippen LogP contribution in [0.5, 0.6) is 0 Å². The number of nitrogens with one attached hydrogen (secondary N) is 2. The van der Waals surface area contributed by atoms with Gasteiger partial charge in [-0.05, 0) is 19.1 Å². The van der Waals surface area contributed by atoms with Crippen molar-refractivity contribution in [2.75, 3.05) is 19.6 Å². The van der Waals surface area contributed by atoms with Crippen molar-refractivity contribution in [1.82, 2.24) is 20.2 Å². The molecule has 0 aliphatic rings. The molecule has 5 nitrogen and oxygen atoms in total. The van der Waals surface area contributed by atoms with Gasteiger partial charge in [0.1, 0.15) is 5.82 Å². The Balaban J connectivity index is 1.60. The molecule has 0 bridgehead atoms. The summed E-state index contributed by atoms with van der Waals surface area (Å²) in [5.74, 6) is 1.03. The van der Waals surface area contributed by atoms with E-state index in [9.17, 15) is 4.79 Å². The highest BCUT2D eigenvalue weighted by atomic mass is 16.1. The van der Waals surface area contributed by atoms with Gasteiger partial charge in [-0.2, -0.15) is 0 Å². The number of rotatable bonds is 7. The van der Waals surface area contributed by atoms with Gasteiger partial charge in [0.15, 0.2) is 0 Å². The van der Waals surface area contributed by atoms with Crippen molar-refractivity contribution in [3.8, 4) is 0 Å². The van der Waals surface area contributed by atoms with Crippen LogP contribution in [0.1, 0.15) is 21.7 Å². The molecule has 0 saturated heterocycles. The molecule has 0 unspecified atom stereocenters. The topological polar surface area (TPSA) is 59.0 Å². The van der Waals surface area contributed by atoms with Crippen LogP contribution < -0.4 is 10.6 Å². The summed E-state index contributed by atoms with van der Waals surface area (Å²) in [5, 5.41) is 6.20. The van der Waals surface area contributed by atoms with E-state index in [1.807, 2.05) is 49.0 Å². The number of aromatic nitrogens is 2. The molecule has 5 heteroatoms. The van der Waals surface area contributed by atoms with Gasteiger partial charge in [-0.15, -0.1) is 0 Å². The Hall–Kier alpha value is -2.14. The predicted molar refractivity (Wildman–Crippen MR) is 83.3 cm³/mol. The normalized spacial score (nSPS) is 10.6.